The summed E-state index contributed by atoms with van der Waals surface area (Å²) in [5, 5.41) is 15.2. The molecule has 3 atom stereocenters. The molecule has 4 N–H and O–H groups in total. The van der Waals surface area contributed by atoms with E-state index in [1.165, 1.54) is 27.0 Å². The van der Waals surface area contributed by atoms with Crippen molar-refractivity contribution in [3.63, 3.8) is 0 Å². The first-order valence-electron chi connectivity index (χ1n) is 12.9. The van der Waals surface area contributed by atoms with Gasteiger partial charge in [0.25, 0.3) is 0 Å². The lowest BCUT2D eigenvalue weighted by Crippen LogP contribution is -2.48. The van der Waals surface area contributed by atoms with Gasteiger partial charge in [0.2, 0.25) is 0 Å². The van der Waals surface area contributed by atoms with E-state index in [-0.39, 0.29) is 17.9 Å². The summed E-state index contributed by atoms with van der Waals surface area (Å²) in [5.74, 6) is 0.629. The molecular formula is C28H36N6O2. The number of likely N-dealkylation sites (tertiary alicyclic amines) is 1. The second-order valence-corrected chi connectivity index (χ2v) is 10.6. The standard InChI is InChI=1S/C28H36N6O2/c1-6-23(29)22-12-33(28(35)36)10-9-19(22)18-7-8-24-20(11-18)25(15(2)3)26(32-24)21-13-34-27(30-14-31-34)17(5)16(21)4/h7-8,11,13-15,19,22-23,32H,6,9-10,12,29H2,1-5H3,(H,35,36). The molecule has 0 radical (unpaired) electrons. The van der Waals surface area contributed by atoms with E-state index in [0.29, 0.717) is 19.0 Å². The molecule has 0 saturated carbocycles. The average Bonchev–Trinajstić information content (AvgIpc) is 3.49. The maximum Gasteiger partial charge on any atom is 0.407 e. The summed E-state index contributed by atoms with van der Waals surface area (Å²) in [5.41, 5.74) is 15.6. The fourth-order valence-corrected chi connectivity index (χ4v) is 6.03. The zero-order chi connectivity index (χ0) is 25.7. The minimum atomic E-state index is -0.857. The van der Waals surface area contributed by atoms with E-state index in [9.17, 15) is 9.90 Å². The number of aromatic nitrogens is 4. The molecule has 5 rings (SSSR count). The van der Waals surface area contributed by atoms with Crippen LogP contribution in [-0.4, -0.2) is 54.8 Å². The van der Waals surface area contributed by atoms with E-state index in [4.69, 9.17) is 5.73 Å². The van der Waals surface area contributed by atoms with Crippen LogP contribution in [0.5, 0.6) is 0 Å². The Hall–Kier alpha value is -3.39. The van der Waals surface area contributed by atoms with E-state index < -0.39 is 6.09 Å². The smallest absolute Gasteiger partial charge is 0.407 e. The van der Waals surface area contributed by atoms with Gasteiger partial charge in [-0.25, -0.2) is 14.3 Å². The number of fused-ring (bicyclic) bond motifs is 2. The lowest BCUT2D eigenvalue weighted by molar-refractivity contribution is 0.104. The maximum atomic E-state index is 11.7. The quantitative estimate of drug-likeness (QED) is 0.346. The number of nitrogens with zero attached hydrogens (tertiary/aromatic N) is 4. The Morgan fingerprint density at radius 2 is 2.06 bits per heavy atom. The van der Waals surface area contributed by atoms with Gasteiger partial charge in [-0.1, -0.05) is 26.8 Å². The van der Waals surface area contributed by atoms with E-state index >= 15 is 0 Å². The number of hydrogen-bond acceptors (Lipinski definition) is 4. The highest BCUT2D eigenvalue weighted by Gasteiger charge is 2.35. The van der Waals surface area contributed by atoms with Crippen molar-refractivity contribution in [2.75, 3.05) is 13.1 Å². The summed E-state index contributed by atoms with van der Waals surface area (Å²) in [6.45, 7) is 11.8. The second-order valence-electron chi connectivity index (χ2n) is 10.6. The molecule has 36 heavy (non-hydrogen) atoms. The van der Waals surface area contributed by atoms with Crippen LogP contribution in [0.3, 0.4) is 0 Å². The Morgan fingerprint density at radius 1 is 1.28 bits per heavy atom. The van der Waals surface area contributed by atoms with Gasteiger partial charge in [0.1, 0.15) is 6.33 Å². The predicted octanol–water partition coefficient (Wildman–Crippen LogP) is 5.44. The predicted molar refractivity (Wildman–Crippen MR) is 143 cm³/mol. The Labute approximate surface area is 211 Å². The van der Waals surface area contributed by atoms with Gasteiger partial charge < -0.3 is 20.7 Å². The molecule has 1 amide bonds. The largest absolute Gasteiger partial charge is 0.465 e. The zero-order valence-electron chi connectivity index (χ0n) is 21.7. The highest BCUT2D eigenvalue weighted by Crippen LogP contribution is 2.41. The van der Waals surface area contributed by atoms with Crippen molar-refractivity contribution in [1.29, 1.82) is 0 Å². The number of nitrogens with one attached hydrogen (secondary N) is 1. The molecule has 3 aromatic heterocycles. The number of aryl methyl sites for hydroxylation is 1. The molecule has 1 fully saturated rings. The third-order valence-corrected chi connectivity index (χ3v) is 8.21. The highest BCUT2D eigenvalue weighted by atomic mass is 16.4. The van der Waals surface area contributed by atoms with Gasteiger partial charge in [-0.3, -0.25) is 0 Å². The summed E-state index contributed by atoms with van der Waals surface area (Å²) in [4.78, 5) is 21.3. The van der Waals surface area contributed by atoms with Crippen molar-refractivity contribution in [2.45, 2.75) is 65.3 Å². The van der Waals surface area contributed by atoms with Crippen molar-refractivity contribution >= 4 is 22.6 Å². The highest BCUT2D eigenvalue weighted by molar-refractivity contribution is 5.92. The molecule has 1 saturated heterocycles. The molecule has 8 nitrogen and oxygen atoms in total. The van der Waals surface area contributed by atoms with Crippen LogP contribution < -0.4 is 5.73 Å². The summed E-state index contributed by atoms with van der Waals surface area (Å²) < 4.78 is 1.85. The van der Waals surface area contributed by atoms with Crippen molar-refractivity contribution in [2.24, 2.45) is 11.7 Å². The van der Waals surface area contributed by atoms with Gasteiger partial charge in [0.05, 0.1) is 5.69 Å². The third-order valence-electron chi connectivity index (χ3n) is 8.21. The van der Waals surface area contributed by atoms with Crippen LogP contribution in [0.2, 0.25) is 0 Å². The van der Waals surface area contributed by atoms with Crippen molar-refractivity contribution in [1.82, 2.24) is 24.5 Å². The lowest BCUT2D eigenvalue weighted by atomic mass is 9.75. The van der Waals surface area contributed by atoms with Gasteiger partial charge in [-0.2, -0.15) is 5.10 Å². The Bertz CT molecular complexity index is 1440. The van der Waals surface area contributed by atoms with Crippen LogP contribution in [0, 0.1) is 19.8 Å². The summed E-state index contributed by atoms with van der Waals surface area (Å²) in [7, 11) is 0. The summed E-state index contributed by atoms with van der Waals surface area (Å²) in [6, 6.07) is 6.65. The minimum Gasteiger partial charge on any atom is -0.465 e. The maximum absolute atomic E-state index is 11.7. The molecule has 4 aromatic rings. The van der Waals surface area contributed by atoms with Crippen LogP contribution in [0.4, 0.5) is 4.79 Å². The van der Waals surface area contributed by atoms with Crippen molar-refractivity contribution in [3.8, 4) is 11.3 Å². The van der Waals surface area contributed by atoms with E-state index in [2.05, 4.69) is 74.1 Å². The van der Waals surface area contributed by atoms with Gasteiger partial charge >= 0.3 is 6.09 Å². The fraction of sp³-hybridized carbons (Fsp3) is 0.464. The van der Waals surface area contributed by atoms with Crippen LogP contribution in [0.25, 0.3) is 27.8 Å². The normalized spacial score (nSPS) is 19.5. The molecule has 8 heteroatoms. The van der Waals surface area contributed by atoms with Gasteiger partial charge in [-0.05, 0) is 78.8 Å². The van der Waals surface area contributed by atoms with Crippen molar-refractivity contribution < 1.29 is 9.90 Å². The first kappa shape index (κ1) is 24.3. The van der Waals surface area contributed by atoms with Crippen LogP contribution in [0.1, 0.15) is 67.7 Å². The SMILES string of the molecule is CCC(N)C1CN(C(=O)O)CCC1c1ccc2[nH]c(-c3cn4ncnc4c(C)c3C)c(C(C)C)c2c1. The monoisotopic (exact) mass is 488 g/mol. The number of benzene rings is 1. The molecule has 0 aliphatic carbocycles. The Kier molecular flexibility index (Phi) is 6.24. The molecule has 1 aliphatic heterocycles. The molecule has 190 valence electrons. The number of piperidine rings is 1. The first-order valence-corrected chi connectivity index (χ1v) is 12.9. The van der Waals surface area contributed by atoms with Crippen molar-refractivity contribution in [3.05, 3.63) is 53.0 Å². The molecule has 4 heterocycles. The number of amides is 1. The van der Waals surface area contributed by atoms with Crippen LogP contribution in [-0.2, 0) is 0 Å². The summed E-state index contributed by atoms with van der Waals surface area (Å²) in [6.07, 6.45) is 4.42. The second kappa shape index (κ2) is 9.24. The number of carboxylic acid groups (broad SMARTS) is 1. The van der Waals surface area contributed by atoms with E-state index in [0.717, 1.165) is 40.8 Å². The molecule has 0 spiro atoms. The number of rotatable bonds is 5. The molecule has 1 aliphatic rings. The number of carbonyl (C=O) groups is 1. The molecular weight excluding hydrogens is 452 g/mol. The number of nitrogens with two attached hydrogens (primary N) is 1. The zero-order valence-corrected chi connectivity index (χ0v) is 21.7. The first-order chi connectivity index (χ1) is 17.2. The van der Waals surface area contributed by atoms with Crippen LogP contribution >= 0.6 is 0 Å². The molecule has 3 unspecified atom stereocenters. The Morgan fingerprint density at radius 3 is 2.75 bits per heavy atom. The van der Waals surface area contributed by atoms with Gasteiger partial charge in [0.15, 0.2) is 5.65 Å². The number of pyridine rings is 1. The average molecular weight is 489 g/mol. The van der Waals surface area contributed by atoms with E-state index in [1.54, 1.807) is 6.33 Å². The number of aromatic amines is 1. The molecule has 0 bridgehead atoms. The third kappa shape index (κ3) is 3.93. The number of H-pyrrole nitrogens is 1. The Balaban J connectivity index is 1.63. The van der Waals surface area contributed by atoms with Gasteiger partial charge in [0, 0.05) is 41.8 Å². The lowest BCUT2D eigenvalue weighted by Gasteiger charge is -2.40. The van der Waals surface area contributed by atoms with E-state index in [1.807, 2.05) is 4.52 Å². The van der Waals surface area contributed by atoms with Gasteiger partial charge in [-0.15, -0.1) is 0 Å². The topological polar surface area (TPSA) is 113 Å². The summed E-state index contributed by atoms with van der Waals surface area (Å²) >= 11 is 0. The number of hydrogen-bond donors (Lipinski definition) is 3. The minimum absolute atomic E-state index is 0.0424. The fourth-order valence-electron chi connectivity index (χ4n) is 6.03. The molecule has 1 aromatic carbocycles. The van der Waals surface area contributed by atoms with Crippen LogP contribution in [0.15, 0.2) is 30.7 Å².